The molecule has 1 heterocycles. The van der Waals surface area contributed by atoms with Gasteiger partial charge in [0.1, 0.15) is 0 Å². The fraction of sp³-hybridized carbons (Fsp3) is 0.400. The van der Waals surface area contributed by atoms with Crippen molar-refractivity contribution in [1.82, 2.24) is 9.78 Å². The summed E-state index contributed by atoms with van der Waals surface area (Å²) < 4.78 is 1.91. The van der Waals surface area contributed by atoms with Gasteiger partial charge in [-0.15, -0.1) is 0 Å². The summed E-state index contributed by atoms with van der Waals surface area (Å²) in [4.78, 5) is 0. The molecule has 0 aliphatic carbocycles. The van der Waals surface area contributed by atoms with Crippen molar-refractivity contribution in [1.29, 1.82) is 0 Å². The van der Waals surface area contributed by atoms with Crippen LogP contribution in [0.3, 0.4) is 0 Å². The van der Waals surface area contributed by atoms with E-state index in [-0.39, 0.29) is 6.04 Å². The van der Waals surface area contributed by atoms with Crippen LogP contribution in [0, 0.1) is 13.8 Å². The third kappa shape index (κ3) is 3.00. The Morgan fingerprint density at radius 2 is 2.00 bits per heavy atom. The summed E-state index contributed by atoms with van der Waals surface area (Å²) in [6, 6.07) is 5.78. The van der Waals surface area contributed by atoms with Gasteiger partial charge in [-0.2, -0.15) is 5.10 Å². The standard InChI is InChI=1S/C15H19Cl2N3/c1-4-20-14(15(17)10(3)19-20)8-13(18)11-6-5-9(2)12(16)7-11/h5-7,13H,4,8,18H2,1-3H3. The molecule has 0 fully saturated rings. The molecule has 0 bridgehead atoms. The van der Waals surface area contributed by atoms with Gasteiger partial charge in [0, 0.05) is 24.0 Å². The Morgan fingerprint density at radius 3 is 2.60 bits per heavy atom. The minimum Gasteiger partial charge on any atom is -0.324 e. The highest BCUT2D eigenvalue weighted by molar-refractivity contribution is 6.32. The quantitative estimate of drug-likeness (QED) is 0.925. The maximum Gasteiger partial charge on any atom is 0.0847 e. The lowest BCUT2D eigenvalue weighted by molar-refractivity contribution is 0.587. The maximum absolute atomic E-state index is 6.32. The van der Waals surface area contributed by atoms with Gasteiger partial charge in [-0.05, 0) is 38.0 Å². The molecule has 1 unspecified atom stereocenters. The van der Waals surface area contributed by atoms with Crippen LogP contribution < -0.4 is 5.73 Å². The van der Waals surface area contributed by atoms with Gasteiger partial charge < -0.3 is 5.73 Å². The van der Waals surface area contributed by atoms with Crippen LogP contribution >= 0.6 is 23.2 Å². The molecule has 0 saturated heterocycles. The Labute approximate surface area is 129 Å². The van der Waals surface area contributed by atoms with Gasteiger partial charge in [-0.3, -0.25) is 4.68 Å². The molecule has 2 aromatic rings. The van der Waals surface area contributed by atoms with Crippen molar-refractivity contribution in [3.05, 3.63) is 50.8 Å². The zero-order valence-electron chi connectivity index (χ0n) is 12.0. The topological polar surface area (TPSA) is 43.8 Å². The average molecular weight is 312 g/mol. The number of rotatable bonds is 4. The number of halogens is 2. The Bertz CT molecular complexity index is 620. The molecule has 5 heteroatoms. The highest BCUT2D eigenvalue weighted by Crippen LogP contribution is 2.27. The second-order valence-corrected chi connectivity index (χ2v) is 5.77. The number of aryl methyl sites for hydroxylation is 3. The summed E-state index contributed by atoms with van der Waals surface area (Å²) in [6.45, 7) is 6.71. The number of hydrogen-bond donors (Lipinski definition) is 1. The molecule has 1 atom stereocenters. The van der Waals surface area contributed by atoms with Crippen molar-refractivity contribution in [2.24, 2.45) is 5.73 Å². The Hall–Kier alpha value is -1.03. The van der Waals surface area contributed by atoms with Gasteiger partial charge in [0.15, 0.2) is 0 Å². The number of nitrogens with two attached hydrogens (primary N) is 1. The zero-order valence-corrected chi connectivity index (χ0v) is 13.5. The Balaban J connectivity index is 2.27. The second kappa shape index (κ2) is 6.17. The first kappa shape index (κ1) is 15.4. The smallest absolute Gasteiger partial charge is 0.0847 e. The summed E-state index contributed by atoms with van der Waals surface area (Å²) in [6.07, 6.45) is 0.646. The molecule has 1 aromatic heterocycles. The zero-order chi connectivity index (χ0) is 14.9. The number of benzene rings is 1. The molecule has 108 valence electrons. The molecule has 3 nitrogen and oxygen atoms in total. The van der Waals surface area contributed by atoms with Crippen molar-refractivity contribution in [2.75, 3.05) is 0 Å². The van der Waals surface area contributed by atoms with Crippen molar-refractivity contribution in [3.63, 3.8) is 0 Å². The second-order valence-electron chi connectivity index (χ2n) is 4.98. The lowest BCUT2D eigenvalue weighted by Crippen LogP contribution is -2.16. The Kier molecular flexibility index (Phi) is 4.74. The molecule has 0 radical (unpaired) electrons. The third-order valence-electron chi connectivity index (χ3n) is 3.49. The van der Waals surface area contributed by atoms with Crippen LogP contribution in [0.5, 0.6) is 0 Å². The van der Waals surface area contributed by atoms with Gasteiger partial charge >= 0.3 is 0 Å². The molecule has 0 saturated carbocycles. The number of hydrogen-bond acceptors (Lipinski definition) is 2. The van der Waals surface area contributed by atoms with E-state index in [0.29, 0.717) is 11.4 Å². The molecule has 2 N–H and O–H groups in total. The molecule has 0 aliphatic heterocycles. The third-order valence-corrected chi connectivity index (χ3v) is 4.39. The SMILES string of the molecule is CCn1nc(C)c(Cl)c1CC(N)c1ccc(C)c(Cl)c1. The molecule has 0 amide bonds. The van der Waals surface area contributed by atoms with Crippen LogP contribution in [0.1, 0.15) is 35.5 Å². The summed E-state index contributed by atoms with van der Waals surface area (Å²) in [5, 5.41) is 5.86. The summed E-state index contributed by atoms with van der Waals surface area (Å²) in [5.41, 5.74) is 10.2. The largest absolute Gasteiger partial charge is 0.324 e. The van der Waals surface area contributed by atoms with E-state index >= 15 is 0 Å². The number of aromatic nitrogens is 2. The molecular weight excluding hydrogens is 293 g/mol. The molecule has 20 heavy (non-hydrogen) atoms. The van der Waals surface area contributed by atoms with Gasteiger partial charge in [-0.1, -0.05) is 35.3 Å². The van der Waals surface area contributed by atoms with Crippen LogP contribution in [0.4, 0.5) is 0 Å². The van der Waals surface area contributed by atoms with E-state index in [1.807, 2.05) is 43.7 Å². The van der Waals surface area contributed by atoms with Crippen LogP contribution in [0.2, 0.25) is 10.0 Å². The van der Waals surface area contributed by atoms with E-state index in [1.54, 1.807) is 0 Å². The van der Waals surface area contributed by atoms with Crippen molar-refractivity contribution in [2.45, 2.75) is 39.8 Å². The predicted molar refractivity (Wildman–Crippen MR) is 84.5 cm³/mol. The minimum atomic E-state index is -0.146. The highest BCUT2D eigenvalue weighted by atomic mass is 35.5. The maximum atomic E-state index is 6.32. The molecule has 0 aliphatic rings. The van der Waals surface area contributed by atoms with E-state index in [4.69, 9.17) is 28.9 Å². The molecule has 1 aromatic carbocycles. The van der Waals surface area contributed by atoms with Gasteiger partial charge in [0.2, 0.25) is 0 Å². The van der Waals surface area contributed by atoms with Crippen LogP contribution in [0.15, 0.2) is 18.2 Å². The highest BCUT2D eigenvalue weighted by Gasteiger charge is 2.17. The number of nitrogens with zero attached hydrogens (tertiary/aromatic N) is 2. The van der Waals surface area contributed by atoms with Gasteiger partial charge in [0.05, 0.1) is 16.4 Å². The fourth-order valence-electron chi connectivity index (χ4n) is 2.23. The van der Waals surface area contributed by atoms with E-state index in [0.717, 1.165) is 34.1 Å². The van der Waals surface area contributed by atoms with Crippen LogP contribution in [0.25, 0.3) is 0 Å². The normalized spacial score (nSPS) is 12.7. The van der Waals surface area contributed by atoms with Crippen LogP contribution in [-0.4, -0.2) is 9.78 Å². The summed E-state index contributed by atoms with van der Waals surface area (Å²) in [5.74, 6) is 0. The van der Waals surface area contributed by atoms with E-state index in [2.05, 4.69) is 5.10 Å². The van der Waals surface area contributed by atoms with Crippen molar-refractivity contribution < 1.29 is 0 Å². The van der Waals surface area contributed by atoms with Crippen LogP contribution in [-0.2, 0) is 13.0 Å². The van der Waals surface area contributed by atoms with Gasteiger partial charge in [0.25, 0.3) is 0 Å². The predicted octanol–water partition coefficient (Wildman–Crippen LogP) is 4.07. The molecular formula is C15H19Cl2N3. The first-order valence-electron chi connectivity index (χ1n) is 6.67. The van der Waals surface area contributed by atoms with E-state index < -0.39 is 0 Å². The summed E-state index contributed by atoms with van der Waals surface area (Å²) in [7, 11) is 0. The molecule has 2 rings (SSSR count). The minimum absolute atomic E-state index is 0.146. The fourth-order valence-corrected chi connectivity index (χ4v) is 2.63. The Morgan fingerprint density at radius 1 is 1.30 bits per heavy atom. The van der Waals surface area contributed by atoms with E-state index in [9.17, 15) is 0 Å². The first-order valence-corrected chi connectivity index (χ1v) is 7.43. The molecule has 0 spiro atoms. The van der Waals surface area contributed by atoms with E-state index in [1.165, 1.54) is 0 Å². The lowest BCUT2D eigenvalue weighted by atomic mass is 10.0. The van der Waals surface area contributed by atoms with Crippen molar-refractivity contribution in [3.8, 4) is 0 Å². The monoisotopic (exact) mass is 311 g/mol. The lowest BCUT2D eigenvalue weighted by Gasteiger charge is -2.14. The average Bonchev–Trinajstić information content (AvgIpc) is 2.69. The summed E-state index contributed by atoms with van der Waals surface area (Å²) >= 11 is 12.5. The van der Waals surface area contributed by atoms with Gasteiger partial charge in [-0.25, -0.2) is 0 Å². The first-order chi connectivity index (χ1) is 9.43. The van der Waals surface area contributed by atoms with Crippen molar-refractivity contribution >= 4 is 23.2 Å².